The molecule has 30 heavy (non-hydrogen) atoms. The van der Waals surface area contributed by atoms with Crippen molar-refractivity contribution in [1.82, 2.24) is 15.1 Å². The molecule has 0 saturated carbocycles. The van der Waals surface area contributed by atoms with Gasteiger partial charge in [-0.05, 0) is 43.3 Å². The van der Waals surface area contributed by atoms with Gasteiger partial charge in [0.25, 0.3) is 11.8 Å². The van der Waals surface area contributed by atoms with Crippen molar-refractivity contribution >= 4 is 33.4 Å². The number of rotatable bonds is 4. The first-order valence-corrected chi connectivity index (χ1v) is 10.0. The molecule has 2 aromatic carbocycles. The van der Waals surface area contributed by atoms with Gasteiger partial charge in [0.05, 0.1) is 5.69 Å². The maximum absolute atomic E-state index is 13.0. The van der Waals surface area contributed by atoms with Gasteiger partial charge in [-0.3, -0.25) is 14.6 Å². The van der Waals surface area contributed by atoms with Gasteiger partial charge >= 0.3 is 0 Å². The minimum atomic E-state index is -0.868. The van der Waals surface area contributed by atoms with Crippen LogP contribution in [0.4, 0.5) is 5.69 Å². The molecule has 0 unspecified atom stereocenters. The number of amides is 2. The van der Waals surface area contributed by atoms with Crippen molar-refractivity contribution in [2.45, 2.75) is 25.6 Å². The molecule has 0 bridgehead atoms. The fourth-order valence-electron chi connectivity index (χ4n) is 3.48. The number of carbonyl (C=O) groups is 2. The van der Waals surface area contributed by atoms with E-state index >= 15 is 0 Å². The molecule has 2 aliphatic heterocycles. The number of nitrogens with zero attached hydrogens (tertiary/aromatic N) is 6. The Kier molecular flexibility index (Phi) is 4.43. The largest absolute Gasteiger partial charge is 0.337 e. The Morgan fingerprint density at radius 2 is 1.77 bits per heavy atom. The molecule has 0 aliphatic carbocycles. The Balaban J connectivity index is 1.36. The fraction of sp³-hybridized carbons (Fsp3) is 0.200. The molecule has 2 aliphatic rings. The van der Waals surface area contributed by atoms with Crippen LogP contribution in [0.15, 0.2) is 67.9 Å². The number of fused-ring (bicyclic) bond motifs is 1. The smallest absolute Gasteiger partial charge is 0.263 e. The zero-order valence-electron chi connectivity index (χ0n) is 15.8. The van der Waals surface area contributed by atoms with Gasteiger partial charge in [0.2, 0.25) is 11.7 Å². The summed E-state index contributed by atoms with van der Waals surface area (Å²) in [5.41, 5.74) is 2.36. The van der Waals surface area contributed by atoms with E-state index in [0.717, 1.165) is 15.6 Å². The highest BCUT2D eigenvalue weighted by atomic mass is 79.9. The number of carbonyl (C=O) groups excluding carboxylic acids is 2. The SMILES string of the molecule is Cc1ccc(N2C(=O)[C@@H]3N=NN(Cc4nc(-c5ccc(Br)cc5)no4)[C@H]3C2=O)cc1. The van der Waals surface area contributed by atoms with E-state index in [1.807, 2.05) is 43.3 Å². The van der Waals surface area contributed by atoms with E-state index in [-0.39, 0.29) is 24.2 Å². The van der Waals surface area contributed by atoms with Gasteiger partial charge < -0.3 is 4.52 Å². The third kappa shape index (κ3) is 3.09. The van der Waals surface area contributed by atoms with E-state index in [2.05, 4.69) is 36.4 Å². The fourth-order valence-corrected chi connectivity index (χ4v) is 3.74. The van der Waals surface area contributed by atoms with Crippen molar-refractivity contribution in [2.24, 2.45) is 10.3 Å². The molecule has 0 N–H and O–H groups in total. The van der Waals surface area contributed by atoms with Crippen LogP contribution < -0.4 is 4.90 Å². The van der Waals surface area contributed by atoms with Crippen LogP contribution in [0, 0.1) is 6.92 Å². The molecule has 1 aromatic heterocycles. The second-order valence-corrected chi connectivity index (χ2v) is 7.97. The molecule has 2 atom stereocenters. The number of halogens is 1. The topological polar surface area (TPSA) is 104 Å². The van der Waals surface area contributed by atoms with Gasteiger partial charge in [-0.1, -0.05) is 44.0 Å². The predicted octanol–water partition coefficient (Wildman–Crippen LogP) is 3.30. The first-order valence-electron chi connectivity index (χ1n) is 9.22. The number of anilines is 1. The van der Waals surface area contributed by atoms with Gasteiger partial charge in [0.15, 0.2) is 12.1 Å². The van der Waals surface area contributed by atoms with E-state index in [4.69, 9.17) is 4.52 Å². The monoisotopic (exact) mass is 466 g/mol. The van der Waals surface area contributed by atoms with E-state index in [1.165, 1.54) is 9.91 Å². The summed E-state index contributed by atoms with van der Waals surface area (Å²) in [5, 5.41) is 13.4. The Morgan fingerprint density at radius 3 is 2.50 bits per heavy atom. The molecule has 5 rings (SSSR count). The summed E-state index contributed by atoms with van der Waals surface area (Å²) in [6, 6.07) is 13.0. The highest BCUT2D eigenvalue weighted by Gasteiger charge is 2.55. The molecule has 2 amide bonds. The molecular formula is C20H15BrN6O3. The Labute approximate surface area is 179 Å². The van der Waals surface area contributed by atoms with Gasteiger partial charge in [-0.2, -0.15) is 10.1 Å². The lowest BCUT2D eigenvalue weighted by Crippen LogP contribution is -2.39. The second kappa shape index (κ2) is 7.13. The molecule has 1 fully saturated rings. The molecule has 9 nitrogen and oxygen atoms in total. The zero-order valence-corrected chi connectivity index (χ0v) is 17.4. The van der Waals surface area contributed by atoms with Crippen LogP contribution in [-0.2, 0) is 16.1 Å². The minimum absolute atomic E-state index is 0.0783. The van der Waals surface area contributed by atoms with Crippen LogP contribution in [0.25, 0.3) is 11.4 Å². The van der Waals surface area contributed by atoms with Gasteiger partial charge in [0.1, 0.15) is 6.54 Å². The third-order valence-electron chi connectivity index (χ3n) is 5.02. The number of hydrogen-bond acceptors (Lipinski definition) is 8. The third-order valence-corrected chi connectivity index (χ3v) is 5.55. The van der Waals surface area contributed by atoms with Crippen molar-refractivity contribution < 1.29 is 14.1 Å². The zero-order chi connectivity index (χ0) is 20.8. The highest BCUT2D eigenvalue weighted by Crippen LogP contribution is 2.33. The average Bonchev–Trinajstić information content (AvgIpc) is 3.43. The number of aromatic nitrogens is 2. The first kappa shape index (κ1) is 18.6. The summed E-state index contributed by atoms with van der Waals surface area (Å²) >= 11 is 3.39. The molecule has 10 heteroatoms. The van der Waals surface area contributed by atoms with Crippen molar-refractivity contribution in [3.63, 3.8) is 0 Å². The summed E-state index contributed by atoms with van der Waals surface area (Å²) in [6.07, 6.45) is 0. The molecule has 0 spiro atoms. The molecular weight excluding hydrogens is 452 g/mol. The van der Waals surface area contributed by atoms with Crippen molar-refractivity contribution in [3.05, 3.63) is 64.5 Å². The molecule has 3 aromatic rings. The van der Waals surface area contributed by atoms with Gasteiger partial charge in [-0.25, -0.2) is 4.90 Å². The molecule has 0 radical (unpaired) electrons. The van der Waals surface area contributed by atoms with Crippen LogP contribution in [0.5, 0.6) is 0 Å². The quantitative estimate of drug-likeness (QED) is 0.546. The highest BCUT2D eigenvalue weighted by molar-refractivity contribution is 9.10. The van der Waals surface area contributed by atoms with Crippen LogP contribution in [-0.4, -0.2) is 39.0 Å². The van der Waals surface area contributed by atoms with Crippen molar-refractivity contribution in [3.8, 4) is 11.4 Å². The Bertz CT molecular complexity index is 1160. The average molecular weight is 467 g/mol. The Hall–Kier alpha value is -3.40. The lowest BCUT2D eigenvalue weighted by molar-refractivity contribution is -0.123. The molecule has 150 valence electrons. The summed E-state index contributed by atoms with van der Waals surface area (Å²) in [6.45, 7) is 2.02. The predicted molar refractivity (Wildman–Crippen MR) is 109 cm³/mol. The summed E-state index contributed by atoms with van der Waals surface area (Å²) in [4.78, 5) is 31.3. The maximum Gasteiger partial charge on any atom is 0.263 e. The van der Waals surface area contributed by atoms with Crippen LogP contribution in [0.3, 0.4) is 0 Å². The standard InChI is InChI=1S/C20H15BrN6O3/c1-11-2-8-14(9-3-11)27-19(28)16-17(20(27)29)26(25-23-16)10-15-22-18(24-30-15)12-4-6-13(21)7-5-12/h2-9,16-17H,10H2,1H3/t16-,17-/m1/s1. The van der Waals surface area contributed by atoms with Crippen LogP contribution in [0.1, 0.15) is 11.5 Å². The lowest BCUT2D eigenvalue weighted by Gasteiger charge is -2.19. The number of hydrogen-bond donors (Lipinski definition) is 0. The van der Waals surface area contributed by atoms with E-state index in [9.17, 15) is 9.59 Å². The number of benzene rings is 2. The molecule has 3 heterocycles. The number of imide groups is 1. The minimum Gasteiger partial charge on any atom is -0.337 e. The van der Waals surface area contributed by atoms with Crippen molar-refractivity contribution in [2.75, 3.05) is 4.90 Å². The Morgan fingerprint density at radius 1 is 1.03 bits per heavy atom. The van der Waals surface area contributed by atoms with Gasteiger partial charge in [0, 0.05) is 10.0 Å². The first-order chi connectivity index (χ1) is 14.5. The summed E-state index contributed by atoms with van der Waals surface area (Å²) in [5.74, 6) is -0.0467. The number of aryl methyl sites for hydroxylation is 1. The van der Waals surface area contributed by atoms with Crippen LogP contribution >= 0.6 is 15.9 Å². The van der Waals surface area contributed by atoms with E-state index in [0.29, 0.717) is 11.5 Å². The van der Waals surface area contributed by atoms with Crippen LogP contribution in [0.2, 0.25) is 0 Å². The van der Waals surface area contributed by atoms with E-state index < -0.39 is 12.1 Å². The lowest BCUT2D eigenvalue weighted by atomic mass is 10.1. The molecule has 1 saturated heterocycles. The van der Waals surface area contributed by atoms with Crippen molar-refractivity contribution in [1.29, 1.82) is 0 Å². The van der Waals surface area contributed by atoms with Gasteiger partial charge in [-0.15, -0.1) is 0 Å². The second-order valence-electron chi connectivity index (χ2n) is 7.06. The normalized spacial score (nSPS) is 20.3. The summed E-state index contributed by atoms with van der Waals surface area (Å²) < 4.78 is 6.27. The van der Waals surface area contributed by atoms with E-state index in [1.54, 1.807) is 12.1 Å². The summed E-state index contributed by atoms with van der Waals surface area (Å²) in [7, 11) is 0. The maximum atomic E-state index is 13.0.